The summed E-state index contributed by atoms with van der Waals surface area (Å²) >= 11 is 0. The molecule has 0 saturated carbocycles. The van der Waals surface area contributed by atoms with Gasteiger partial charge in [0.25, 0.3) is 0 Å². The van der Waals surface area contributed by atoms with Gasteiger partial charge in [0.1, 0.15) is 0 Å². The maximum Gasteiger partial charge on any atom is 0.343 e. The Labute approximate surface area is 74.1 Å². The van der Waals surface area contributed by atoms with Crippen molar-refractivity contribution in [2.24, 2.45) is 5.92 Å². The van der Waals surface area contributed by atoms with E-state index in [0.717, 1.165) is 6.07 Å². The lowest BCUT2D eigenvalue weighted by atomic mass is 10.1. The summed E-state index contributed by atoms with van der Waals surface area (Å²) in [4.78, 5) is 20.9. The molecule has 0 saturated heterocycles. The molecule has 0 radical (unpaired) electrons. The molecule has 0 unspecified atom stereocenters. The van der Waals surface area contributed by atoms with Crippen LogP contribution in [0.1, 0.15) is 24.3 Å². The fourth-order valence-electron chi connectivity index (χ4n) is 0.827. The van der Waals surface area contributed by atoms with Gasteiger partial charge in [-0.15, -0.1) is 5.10 Å². The van der Waals surface area contributed by atoms with Crippen LogP contribution in [0, 0.1) is 16.0 Å². The highest BCUT2D eigenvalue weighted by Gasteiger charge is 2.18. The number of rotatable bonds is 3. The molecule has 6 heteroatoms. The molecule has 1 N–H and O–H groups in total. The molecule has 0 aliphatic rings. The summed E-state index contributed by atoms with van der Waals surface area (Å²) < 4.78 is 0. The van der Waals surface area contributed by atoms with E-state index in [1.165, 1.54) is 0 Å². The first kappa shape index (κ1) is 9.37. The van der Waals surface area contributed by atoms with Crippen LogP contribution in [0.4, 0.5) is 5.82 Å². The van der Waals surface area contributed by atoms with Crippen LogP contribution in [-0.2, 0) is 0 Å². The van der Waals surface area contributed by atoms with Crippen molar-refractivity contribution < 1.29 is 9.72 Å². The molecule has 13 heavy (non-hydrogen) atoms. The second-order valence-corrected chi connectivity index (χ2v) is 2.91. The Morgan fingerprint density at radius 2 is 2.31 bits per heavy atom. The average molecular weight is 183 g/mol. The van der Waals surface area contributed by atoms with E-state index >= 15 is 0 Å². The van der Waals surface area contributed by atoms with Gasteiger partial charge >= 0.3 is 5.82 Å². The first-order chi connectivity index (χ1) is 6.02. The van der Waals surface area contributed by atoms with E-state index in [2.05, 4.69) is 10.2 Å². The van der Waals surface area contributed by atoms with Gasteiger partial charge in [0, 0.05) is 5.92 Å². The van der Waals surface area contributed by atoms with E-state index in [0.29, 0.717) is 0 Å². The highest BCUT2D eigenvalue weighted by molar-refractivity contribution is 5.95. The Balaban J connectivity index is 2.92. The minimum atomic E-state index is -0.621. The summed E-state index contributed by atoms with van der Waals surface area (Å²) in [7, 11) is 0. The number of ketones is 1. The molecule has 0 aliphatic heterocycles. The standard InChI is InChI=1S/C7H9N3O3/c1-4(2)7(11)5-3-6(9-8-5)10(12)13/h3-4H,1-2H3,(H,8,9). The molecule has 0 aliphatic carbocycles. The molecule has 0 spiro atoms. The normalized spacial score (nSPS) is 10.4. The van der Waals surface area contributed by atoms with Crippen LogP contribution in [0.25, 0.3) is 0 Å². The lowest BCUT2D eigenvalue weighted by Gasteiger charge is -1.96. The third kappa shape index (κ3) is 1.90. The first-order valence-corrected chi connectivity index (χ1v) is 3.76. The Hall–Kier alpha value is -1.72. The Morgan fingerprint density at radius 3 is 2.69 bits per heavy atom. The van der Waals surface area contributed by atoms with Crippen LogP contribution in [0.15, 0.2) is 6.07 Å². The zero-order chi connectivity index (χ0) is 10.0. The molecular weight excluding hydrogens is 174 g/mol. The van der Waals surface area contributed by atoms with E-state index in [9.17, 15) is 14.9 Å². The highest BCUT2D eigenvalue weighted by atomic mass is 16.6. The monoisotopic (exact) mass is 183 g/mol. The molecule has 1 aromatic rings. The molecule has 0 fully saturated rings. The van der Waals surface area contributed by atoms with Gasteiger partial charge in [-0.05, 0) is 4.92 Å². The van der Waals surface area contributed by atoms with Crippen LogP contribution in [0.5, 0.6) is 0 Å². The molecule has 1 heterocycles. The van der Waals surface area contributed by atoms with Crippen LogP contribution in [-0.4, -0.2) is 20.9 Å². The number of nitro groups is 1. The smallest absolute Gasteiger partial charge is 0.343 e. The number of nitrogens with zero attached hydrogens (tertiary/aromatic N) is 2. The van der Waals surface area contributed by atoms with Gasteiger partial charge in [-0.25, -0.2) is 0 Å². The molecule has 0 aromatic carbocycles. The Bertz CT molecular complexity index is 343. The van der Waals surface area contributed by atoms with Gasteiger partial charge in [-0.1, -0.05) is 18.9 Å². The summed E-state index contributed by atoms with van der Waals surface area (Å²) in [5.41, 5.74) is 0.113. The summed E-state index contributed by atoms with van der Waals surface area (Å²) in [6, 6.07) is 1.14. The number of carbonyl (C=O) groups is 1. The molecule has 0 atom stereocenters. The van der Waals surface area contributed by atoms with Crippen molar-refractivity contribution in [2.45, 2.75) is 13.8 Å². The van der Waals surface area contributed by atoms with Crippen molar-refractivity contribution in [1.82, 2.24) is 10.2 Å². The minimum Gasteiger partial charge on any atom is -0.358 e. The fourth-order valence-corrected chi connectivity index (χ4v) is 0.827. The van der Waals surface area contributed by atoms with Gasteiger partial charge in [-0.2, -0.15) is 0 Å². The number of aromatic amines is 1. The van der Waals surface area contributed by atoms with Crippen LogP contribution >= 0.6 is 0 Å². The number of nitrogens with one attached hydrogen (secondary N) is 1. The third-order valence-corrected chi connectivity index (χ3v) is 1.54. The van der Waals surface area contributed by atoms with Gasteiger partial charge in [0.15, 0.2) is 11.5 Å². The summed E-state index contributed by atoms with van der Waals surface area (Å²) in [5, 5.41) is 15.9. The van der Waals surface area contributed by atoms with Gasteiger partial charge in [-0.3, -0.25) is 4.79 Å². The number of H-pyrrole nitrogens is 1. The number of Topliss-reactive ketones (excluding diaryl/α,β-unsaturated/α-hetero) is 1. The fraction of sp³-hybridized carbons (Fsp3) is 0.429. The maximum absolute atomic E-state index is 11.3. The van der Waals surface area contributed by atoms with Crippen LogP contribution < -0.4 is 0 Å². The van der Waals surface area contributed by atoms with Crippen LogP contribution in [0.3, 0.4) is 0 Å². The predicted octanol–water partition coefficient (Wildman–Crippen LogP) is 1.16. The van der Waals surface area contributed by atoms with E-state index < -0.39 is 4.92 Å². The summed E-state index contributed by atoms with van der Waals surface area (Å²) in [6.07, 6.45) is 0. The molecule has 6 nitrogen and oxygen atoms in total. The van der Waals surface area contributed by atoms with Gasteiger partial charge < -0.3 is 10.1 Å². The summed E-state index contributed by atoms with van der Waals surface area (Å²) in [5.74, 6) is -0.670. The largest absolute Gasteiger partial charge is 0.358 e. The SMILES string of the molecule is CC(C)C(=O)c1cc([N+](=O)[O-])[nH]n1. The predicted molar refractivity (Wildman–Crippen MR) is 44.4 cm³/mol. The zero-order valence-electron chi connectivity index (χ0n) is 7.27. The van der Waals surface area contributed by atoms with Crippen LogP contribution in [0.2, 0.25) is 0 Å². The number of carbonyl (C=O) groups excluding carboxylic acids is 1. The maximum atomic E-state index is 11.3. The second-order valence-electron chi connectivity index (χ2n) is 2.91. The van der Waals surface area contributed by atoms with E-state index in [1.54, 1.807) is 13.8 Å². The van der Waals surface area contributed by atoms with Crippen molar-refractivity contribution in [1.29, 1.82) is 0 Å². The molecule has 1 rings (SSSR count). The molecule has 0 amide bonds. The highest BCUT2D eigenvalue weighted by Crippen LogP contribution is 2.11. The lowest BCUT2D eigenvalue weighted by molar-refractivity contribution is -0.389. The number of aromatic nitrogens is 2. The van der Waals surface area contributed by atoms with Gasteiger partial charge in [0.05, 0.1) is 6.07 Å². The van der Waals surface area contributed by atoms with Crippen molar-refractivity contribution in [2.75, 3.05) is 0 Å². The first-order valence-electron chi connectivity index (χ1n) is 3.76. The third-order valence-electron chi connectivity index (χ3n) is 1.54. The zero-order valence-corrected chi connectivity index (χ0v) is 7.27. The topological polar surface area (TPSA) is 88.9 Å². The minimum absolute atomic E-state index is 0.113. The Kier molecular flexibility index (Phi) is 2.41. The quantitative estimate of drug-likeness (QED) is 0.432. The van der Waals surface area contributed by atoms with Crippen molar-refractivity contribution in [3.8, 4) is 0 Å². The summed E-state index contributed by atoms with van der Waals surface area (Å²) in [6.45, 7) is 3.42. The van der Waals surface area contributed by atoms with E-state index in [-0.39, 0.29) is 23.2 Å². The number of hydrogen-bond donors (Lipinski definition) is 1. The molecule has 1 aromatic heterocycles. The van der Waals surface area contributed by atoms with Crippen molar-refractivity contribution in [3.05, 3.63) is 21.9 Å². The van der Waals surface area contributed by atoms with Crippen molar-refractivity contribution in [3.63, 3.8) is 0 Å². The number of hydrogen-bond acceptors (Lipinski definition) is 4. The van der Waals surface area contributed by atoms with E-state index in [1.807, 2.05) is 0 Å². The van der Waals surface area contributed by atoms with Gasteiger partial charge in [0.2, 0.25) is 0 Å². The molecule has 70 valence electrons. The second kappa shape index (κ2) is 3.34. The lowest BCUT2D eigenvalue weighted by Crippen LogP contribution is -2.07. The van der Waals surface area contributed by atoms with Crippen molar-refractivity contribution >= 4 is 11.6 Å². The molecular formula is C7H9N3O3. The average Bonchev–Trinajstić information content (AvgIpc) is 2.50. The van der Waals surface area contributed by atoms with E-state index in [4.69, 9.17) is 0 Å². The Morgan fingerprint density at radius 1 is 1.69 bits per heavy atom. The molecule has 0 bridgehead atoms.